The van der Waals surface area contributed by atoms with Crippen molar-refractivity contribution < 1.29 is 13.7 Å². The summed E-state index contributed by atoms with van der Waals surface area (Å²) in [5.41, 5.74) is 1.39. The fourth-order valence-corrected chi connectivity index (χ4v) is 2.67. The third kappa shape index (κ3) is 2.30. The smallest absolute Gasteiger partial charge is 0.273 e. The van der Waals surface area contributed by atoms with Gasteiger partial charge in [-0.1, -0.05) is 5.16 Å². The van der Waals surface area contributed by atoms with Gasteiger partial charge in [0.25, 0.3) is 5.91 Å². The monoisotopic (exact) mass is 298 g/mol. The van der Waals surface area contributed by atoms with Gasteiger partial charge in [0.15, 0.2) is 11.5 Å². The molecule has 1 atom stereocenters. The number of aryl methyl sites for hydroxylation is 1. The molecule has 0 aromatic carbocycles. The van der Waals surface area contributed by atoms with Crippen molar-refractivity contribution in [2.75, 3.05) is 0 Å². The van der Waals surface area contributed by atoms with Crippen LogP contribution in [0.4, 0.5) is 0 Å². The molecule has 0 aliphatic carbocycles. The highest BCUT2D eigenvalue weighted by Gasteiger charge is 2.23. The first-order valence-corrected chi connectivity index (χ1v) is 7.12. The number of nitrogens with zero attached hydrogens (tertiary/aromatic N) is 3. The molecule has 0 radical (unpaired) electrons. The van der Waals surface area contributed by atoms with Crippen molar-refractivity contribution >= 4 is 5.91 Å². The molecule has 112 valence electrons. The summed E-state index contributed by atoms with van der Waals surface area (Å²) in [6.45, 7) is 0.809. The predicted molar refractivity (Wildman–Crippen MR) is 76.0 cm³/mol. The Morgan fingerprint density at radius 3 is 3.18 bits per heavy atom. The molecule has 4 heterocycles. The van der Waals surface area contributed by atoms with Crippen LogP contribution in [0, 0.1) is 0 Å². The SMILES string of the molecule is O=C(NC1CCn2nccc2C1)c1cc(-c2ccco2)on1. The summed E-state index contributed by atoms with van der Waals surface area (Å²) in [4.78, 5) is 12.3. The molecule has 1 unspecified atom stereocenters. The van der Waals surface area contributed by atoms with Gasteiger partial charge in [-0.15, -0.1) is 0 Å². The summed E-state index contributed by atoms with van der Waals surface area (Å²) in [7, 11) is 0. The third-order valence-electron chi connectivity index (χ3n) is 3.79. The molecule has 1 aliphatic heterocycles. The summed E-state index contributed by atoms with van der Waals surface area (Å²) in [5.74, 6) is 0.754. The predicted octanol–water partition coefficient (Wildman–Crippen LogP) is 1.88. The number of nitrogens with one attached hydrogen (secondary N) is 1. The van der Waals surface area contributed by atoms with Gasteiger partial charge in [-0.25, -0.2) is 0 Å². The lowest BCUT2D eigenvalue weighted by molar-refractivity contribution is 0.0921. The zero-order valence-electron chi connectivity index (χ0n) is 11.7. The van der Waals surface area contributed by atoms with Crippen molar-refractivity contribution in [3.63, 3.8) is 0 Å². The number of hydrogen-bond donors (Lipinski definition) is 1. The lowest BCUT2D eigenvalue weighted by atomic mass is 10.0. The van der Waals surface area contributed by atoms with Crippen LogP contribution in [0.15, 0.2) is 45.7 Å². The molecule has 22 heavy (non-hydrogen) atoms. The quantitative estimate of drug-likeness (QED) is 0.797. The van der Waals surface area contributed by atoms with Crippen LogP contribution in [-0.2, 0) is 13.0 Å². The Labute approximate surface area is 125 Å². The maximum Gasteiger partial charge on any atom is 0.273 e. The van der Waals surface area contributed by atoms with E-state index in [0.717, 1.165) is 25.1 Å². The van der Waals surface area contributed by atoms with E-state index in [-0.39, 0.29) is 17.6 Å². The number of carbonyl (C=O) groups excluding carboxylic acids is 1. The van der Waals surface area contributed by atoms with E-state index in [9.17, 15) is 4.79 Å². The number of furan rings is 1. The van der Waals surface area contributed by atoms with Crippen LogP contribution in [0.1, 0.15) is 22.6 Å². The fourth-order valence-electron chi connectivity index (χ4n) is 2.67. The Balaban J connectivity index is 1.45. The lowest BCUT2D eigenvalue weighted by Crippen LogP contribution is -2.40. The van der Waals surface area contributed by atoms with E-state index in [2.05, 4.69) is 15.6 Å². The standard InChI is InChI=1S/C15H14N4O3/c20-15(12-9-14(22-18-12)13-2-1-7-21-13)17-10-4-6-19-11(8-10)3-5-16-19/h1-3,5,7,9-10H,4,6,8H2,(H,17,20). The zero-order valence-corrected chi connectivity index (χ0v) is 11.7. The van der Waals surface area contributed by atoms with Crippen LogP contribution in [0.2, 0.25) is 0 Å². The second kappa shape index (κ2) is 5.18. The Morgan fingerprint density at radius 2 is 2.32 bits per heavy atom. The van der Waals surface area contributed by atoms with Crippen LogP contribution >= 0.6 is 0 Å². The Kier molecular flexibility index (Phi) is 3.03. The molecule has 1 aliphatic rings. The molecule has 0 spiro atoms. The van der Waals surface area contributed by atoms with Gasteiger partial charge in [-0.05, 0) is 24.6 Å². The van der Waals surface area contributed by atoms with Crippen molar-refractivity contribution in [2.24, 2.45) is 0 Å². The summed E-state index contributed by atoms with van der Waals surface area (Å²) in [5, 5.41) is 11.0. The largest absolute Gasteiger partial charge is 0.461 e. The molecular weight excluding hydrogens is 284 g/mol. The number of amides is 1. The number of fused-ring (bicyclic) bond motifs is 1. The lowest BCUT2D eigenvalue weighted by Gasteiger charge is -2.23. The summed E-state index contributed by atoms with van der Waals surface area (Å²) >= 11 is 0. The van der Waals surface area contributed by atoms with Crippen molar-refractivity contribution in [1.29, 1.82) is 0 Å². The van der Waals surface area contributed by atoms with Gasteiger partial charge in [0.05, 0.1) is 6.26 Å². The summed E-state index contributed by atoms with van der Waals surface area (Å²) in [6, 6.07) is 7.15. The van der Waals surface area contributed by atoms with E-state index >= 15 is 0 Å². The number of carbonyl (C=O) groups is 1. The normalized spacial score (nSPS) is 17.2. The molecule has 7 nitrogen and oxygen atoms in total. The van der Waals surface area contributed by atoms with Crippen LogP contribution in [0.3, 0.4) is 0 Å². The highest BCUT2D eigenvalue weighted by molar-refractivity contribution is 5.93. The number of hydrogen-bond acceptors (Lipinski definition) is 5. The molecule has 0 saturated carbocycles. The molecule has 4 rings (SSSR count). The maximum absolute atomic E-state index is 12.3. The molecule has 1 N–H and O–H groups in total. The average Bonchev–Trinajstić information content (AvgIpc) is 3.26. The first-order valence-electron chi connectivity index (χ1n) is 7.12. The van der Waals surface area contributed by atoms with Gasteiger partial charge >= 0.3 is 0 Å². The summed E-state index contributed by atoms with van der Waals surface area (Å²) in [6.07, 6.45) is 4.95. The van der Waals surface area contributed by atoms with Gasteiger partial charge < -0.3 is 14.3 Å². The van der Waals surface area contributed by atoms with E-state index in [0.29, 0.717) is 11.5 Å². The van der Waals surface area contributed by atoms with Gasteiger partial charge in [-0.2, -0.15) is 5.10 Å². The van der Waals surface area contributed by atoms with Crippen LogP contribution < -0.4 is 5.32 Å². The zero-order chi connectivity index (χ0) is 14.9. The first-order chi connectivity index (χ1) is 10.8. The maximum atomic E-state index is 12.3. The molecular formula is C15H14N4O3. The average molecular weight is 298 g/mol. The van der Waals surface area contributed by atoms with E-state index in [1.54, 1.807) is 30.7 Å². The molecule has 1 amide bonds. The van der Waals surface area contributed by atoms with Gasteiger partial charge in [-0.3, -0.25) is 9.48 Å². The number of rotatable bonds is 3. The van der Waals surface area contributed by atoms with Gasteiger partial charge in [0.2, 0.25) is 5.76 Å². The third-order valence-corrected chi connectivity index (χ3v) is 3.79. The van der Waals surface area contributed by atoms with Crippen LogP contribution in [0.25, 0.3) is 11.5 Å². The number of aromatic nitrogens is 3. The Hall–Kier alpha value is -2.83. The molecule has 3 aromatic rings. The van der Waals surface area contributed by atoms with Gasteiger partial charge in [0, 0.05) is 37.0 Å². The van der Waals surface area contributed by atoms with E-state index in [1.165, 1.54) is 0 Å². The highest BCUT2D eigenvalue weighted by atomic mass is 16.5. The Morgan fingerprint density at radius 1 is 1.36 bits per heavy atom. The minimum atomic E-state index is -0.237. The van der Waals surface area contributed by atoms with Gasteiger partial charge in [0.1, 0.15) is 0 Å². The van der Waals surface area contributed by atoms with Crippen LogP contribution in [0.5, 0.6) is 0 Å². The first kappa shape index (κ1) is 12.9. The molecule has 7 heteroatoms. The summed E-state index contributed by atoms with van der Waals surface area (Å²) < 4.78 is 12.3. The van der Waals surface area contributed by atoms with E-state index in [4.69, 9.17) is 8.94 Å². The second-order valence-corrected chi connectivity index (χ2v) is 5.26. The molecule has 0 saturated heterocycles. The Bertz CT molecular complexity index is 787. The minimum Gasteiger partial charge on any atom is -0.461 e. The van der Waals surface area contributed by atoms with E-state index < -0.39 is 0 Å². The highest BCUT2D eigenvalue weighted by Crippen LogP contribution is 2.21. The minimum absolute atomic E-state index is 0.0838. The molecule has 0 fully saturated rings. The van der Waals surface area contributed by atoms with Crippen molar-refractivity contribution in [1.82, 2.24) is 20.3 Å². The van der Waals surface area contributed by atoms with Crippen molar-refractivity contribution in [3.8, 4) is 11.5 Å². The fraction of sp³-hybridized carbons (Fsp3) is 0.267. The van der Waals surface area contributed by atoms with Crippen LogP contribution in [-0.4, -0.2) is 26.9 Å². The molecule has 3 aromatic heterocycles. The second-order valence-electron chi connectivity index (χ2n) is 5.26. The van der Waals surface area contributed by atoms with E-state index in [1.807, 2.05) is 10.7 Å². The van der Waals surface area contributed by atoms with Crippen molar-refractivity contribution in [2.45, 2.75) is 25.4 Å². The topological polar surface area (TPSA) is 86.1 Å². The van der Waals surface area contributed by atoms with Crippen molar-refractivity contribution in [3.05, 3.63) is 48.1 Å². The molecule has 0 bridgehead atoms.